The molecule has 2 N–H and O–H groups in total. The van der Waals surface area contributed by atoms with Gasteiger partial charge < -0.3 is 19.9 Å². The van der Waals surface area contributed by atoms with Crippen molar-refractivity contribution in [3.8, 4) is 11.5 Å². The zero-order chi connectivity index (χ0) is 24.1. The van der Waals surface area contributed by atoms with Crippen molar-refractivity contribution in [1.29, 1.82) is 0 Å². The molecule has 0 aliphatic carbocycles. The predicted octanol–water partition coefficient (Wildman–Crippen LogP) is 4.51. The number of thioether (sulfide) groups is 1. The molecule has 0 bridgehead atoms. The van der Waals surface area contributed by atoms with E-state index in [9.17, 15) is 14.4 Å². The SMILES string of the molecule is O=C(CCCCCN1C(=O)/C(=C/c2ccc3c(c2)OCO3)SC1=S)Nc1ccc(C(=O)O)cc1. The van der Waals surface area contributed by atoms with E-state index in [0.717, 1.165) is 18.4 Å². The van der Waals surface area contributed by atoms with Gasteiger partial charge in [0, 0.05) is 18.7 Å². The maximum atomic E-state index is 12.8. The van der Waals surface area contributed by atoms with Crippen LogP contribution in [0.5, 0.6) is 11.5 Å². The van der Waals surface area contributed by atoms with Crippen molar-refractivity contribution in [2.75, 3.05) is 18.7 Å². The van der Waals surface area contributed by atoms with Gasteiger partial charge in [-0.2, -0.15) is 0 Å². The molecule has 10 heteroatoms. The average Bonchev–Trinajstić information content (AvgIpc) is 3.38. The van der Waals surface area contributed by atoms with Gasteiger partial charge in [-0.3, -0.25) is 14.5 Å². The molecule has 2 aromatic rings. The summed E-state index contributed by atoms with van der Waals surface area (Å²) in [6, 6.07) is 11.5. The van der Waals surface area contributed by atoms with E-state index >= 15 is 0 Å². The molecule has 176 valence electrons. The largest absolute Gasteiger partial charge is 0.478 e. The standard InChI is InChI=1S/C24H22N2O6S2/c27-21(25-17-8-6-16(7-9-17)23(29)30)4-2-1-3-11-26-22(28)20(34-24(26)33)13-15-5-10-18-19(12-15)32-14-31-18/h5-10,12-13H,1-4,11,14H2,(H,25,27)(H,29,30)/b20-13-. The fourth-order valence-corrected chi connectivity index (χ4v) is 4.81. The van der Waals surface area contributed by atoms with Crippen molar-refractivity contribution in [3.05, 3.63) is 58.5 Å². The van der Waals surface area contributed by atoms with Crippen LogP contribution in [0.25, 0.3) is 6.08 Å². The number of carboxylic acids is 1. The Morgan fingerprint density at radius 2 is 1.85 bits per heavy atom. The molecule has 0 unspecified atom stereocenters. The van der Waals surface area contributed by atoms with Crippen molar-refractivity contribution in [3.63, 3.8) is 0 Å². The van der Waals surface area contributed by atoms with Crippen molar-refractivity contribution < 1.29 is 29.0 Å². The van der Waals surface area contributed by atoms with Crippen LogP contribution in [0.15, 0.2) is 47.4 Å². The fourth-order valence-electron chi connectivity index (χ4n) is 3.50. The summed E-state index contributed by atoms with van der Waals surface area (Å²) in [4.78, 5) is 37.9. The molecule has 0 atom stereocenters. The molecule has 1 saturated heterocycles. The number of amides is 2. The monoisotopic (exact) mass is 498 g/mol. The lowest BCUT2D eigenvalue weighted by atomic mass is 10.1. The molecule has 0 saturated carbocycles. The van der Waals surface area contributed by atoms with Crippen LogP contribution in [-0.4, -0.2) is 45.4 Å². The summed E-state index contributed by atoms with van der Waals surface area (Å²) in [6.45, 7) is 0.698. The van der Waals surface area contributed by atoms with Gasteiger partial charge in [0.25, 0.3) is 5.91 Å². The Morgan fingerprint density at radius 3 is 2.62 bits per heavy atom. The van der Waals surface area contributed by atoms with Gasteiger partial charge in [0.1, 0.15) is 4.32 Å². The minimum Gasteiger partial charge on any atom is -0.478 e. The number of fused-ring (bicyclic) bond motifs is 1. The Balaban J connectivity index is 1.20. The first-order chi connectivity index (χ1) is 16.4. The maximum Gasteiger partial charge on any atom is 0.335 e. The van der Waals surface area contributed by atoms with Crippen LogP contribution in [0.2, 0.25) is 0 Å². The van der Waals surface area contributed by atoms with Crippen LogP contribution in [0.1, 0.15) is 41.6 Å². The minimum atomic E-state index is -1.01. The lowest BCUT2D eigenvalue weighted by molar-refractivity contribution is -0.122. The van der Waals surface area contributed by atoms with Crippen molar-refractivity contribution in [2.45, 2.75) is 25.7 Å². The van der Waals surface area contributed by atoms with Crippen LogP contribution in [0.3, 0.4) is 0 Å². The third-order valence-electron chi connectivity index (χ3n) is 5.27. The third-order valence-corrected chi connectivity index (χ3v) is 6.65. The van der Waals surface area contributed by atoms with Crippen LogP contribution in [-0.2, 0) is 9.59 Å². The number of nitrogens with zero attached hydrogens (tertiary/aromatic N) is 1. The highest BCUT2D eigenvalue weighted by molar-refractivity contribution is 8.26. The Kier molecular flexibility index (Phi) is 7.49. The summed E-state index contributed by atoms with van der Waals surface area (Å²) in [7, 11) is 0. The number of thiocarbonyl (C=S) groups is 1. The zero-order valence-corrected chi connectivity index (χ0v) is 19.7. The quantitative estimate of drug-likeness (QED) is 0.296. The fraction of sp³-hybridized carbons (Fsp3) is 0.250. The van der Waals surface area contributed by atoms with Crippen LogP contribution in [0, 0.1) is 0 Å². The van der Waals surface area contributed by atoms with E-state index in [2.05, 4.69) is 5.32 Å². The van der Waals surface area contributed by atoms with Crippen LogP contribution in [0.4, 0.5) is 5.69 Å². The summed E-state index contributed by atoms with van der Waals surface area (Å²) in [6.07, 6.45) is 4.30. The number of carbonyl (C=O) groups excluding carboxylic acids is 2. The number of benzene rings is 2. The van der Waals surface area contributed by atoms with Crippen LogP contribution >= 0.6 is 24.0 Å². The summed E-state index contributed by atoms with van der Waals surface area (Å²) >= 11 is 6.67. The number of ether oxygens (including phenoxy) is 2. The number of anilines is 1. The summed E-state index contributed by atoms with van der Waals surface area (Å²) in [5, 5.41) is 11.7. The highest BCUT2D eigenvalue weighted by atomic mass is 32.2. The molecular weight excluding hydrogens is 476 g/mol. The maximum absolute atomic E-state index is 12.8. The highest BCUT2D eigenvalue weighted by Gasteiger charge is 2.31. The topological polar surface area (TPSA) is 105 Å². The minimum absolute atomic E-state index is 0.116. The molecule has 2 heterocycles. The Labute approximate surface area is 205 Å². The smallest absolute Gasteiger partial charge is 0.335 e. The first kappa shape index (κ1) is 23.8. The molecule has 1 fully saturated rings. The first-order valence-electron chi connectivity index (χ1n) is 10.7. The summed E-state index contributed by atoms with van der Waals surface area (Å²) in [5.74, 6) is 0.0818. The van der Waals surface area contributed by atoms with E-state index in [4.69, 9.17) is 26.8 Å². The van der Waals surface area contributed by atoms with E-state index in [1.54, 1.807) is 23.1 Å². The predicted molar refractivity (Wildman–Crippen MR) is 133 cm³/mol. The molecule has 2 aliphatic rings. The van der Waals surface area contributed by atoms with Gasteiger partial charge in [0.2, 0.25) is 12.7 Å². The van der Waals surface area contributed by atoms with Gasteiger partial charge in [0.05, 0.1) is 10.5 Å². The zero-order valence-electron chi connectivity index (χ0n) is 18.1. The first-order valence-corrected chi connectivity index (χ1v) is 11.9. The van der Waals surface area contributed by atoms with Crippen molar-refractivity contribution >= 4 is 57.8 Å². The molecule has 2 aliphatic heterocycles. The van der Waals surface area contributed by atoms with E-state index in [1.165, 1.54) is 23.9 Å². The molecule has 2 aromatic carbocycles. The van der Waals surface area contributed by atoms with Crippen molar-refractivity contribution in [2.24, 2.45) is 0 Å². The molecule has 0 radical (unpaired) electrons. The number of aromatic carboxylic acids is 1. The van der Waals surface area contributed by atoms with Gasteiger partial charge in [-0.25, -0.2) is 4.79 Å². The number of hydrogen-bond acceptors (Lipinski definition) is 7. The van der Waals surface area contributed by atoms with Gasteiger partial charge in [-0.1, -0.05) is 36.5 Å². The summed E-state index contributed by atoms with van der Waals surface area (Å²) < 4.78 is 11.2. The molecular formula is C24H22N2O6S2. The Morgan fingerprint density at radius 1 is 1.09 bits per heavy atom. The number of unbranched alkanes of at least 4 members (excludes halogenated alkanes) is 2. The van der Waals surface area contributed by atoms with Gasteiger partial charge in [-0.15, -0.1) is 0 Å². The molecule has 0 spiro atoms. The second kappa shape index (κ2) is 10.7. The molecule has 2 amide bonds. The second-order valence-corrected chi connectivity index (χ2v) is 9.36. The average molecular weight is 499 g/mol. The Bertz CT molecular complexity index is 1160. The number of nitrogens with one attached hydrogen (secondary N) is 1. The normalized spacial score (nSPS) is 15.8. The van der Waals surface area contributed by atoms with E-state index in [1.807, 2.05) is 18.2 Å². The number of carbonyl (C=O) groups is 3. The summed E-state index contributed by atoms with van der Waals surface area (Å²) in [5.41, 5.74) is 1.56. The lowest BCUT2D eigenvalue weighted by Crippen LogP contribution is -2.29. The number of hydrogen-bond donors (Lipinski definition) is 2. The van der Waals surface area contributed by atoms with E-state index < -0.39 is 5.97 Å². The lowest BCUT2D eigenvalue weighted by Gasteiger charge is -2.14. The molecule has 34 heavy (non-hydrogen) atoms. The van der Waals surface area contributed by atoms with Gasteiger partial charge in [0.15, 0.2) is 11.5 Å². The van der Waals surface area contributed by atoms with Crippen LogP contribution < -0.4 is 14.8 Å². The number of rotatable bonds is 9. The van der Waals surface area contributed by atoms with Crippen molar-refractivity contribution in [1.82, 2.24) is 4.90 Å². The number of carboxylic acid groups (broad SMARTS) is 1. The van der Waals surface area contributed by atoms with E-state index in [0.29, 0.717) is 45.8 Å². The third kappa shape index (κ3) is 5.75. The highest BCUT2D eigenvalue weighted by Crippen LogP contribution is 2.36. The van der Waals surface area contributed by atoms with E-state index in [-0.39, 0.29) is 24.2 Å². The second-order valence-electron chi connectivity index (χ2n) is 7.69. The molecule has 8 nitrogen and oxygen atoms in total. The molecule has 4 rings (SSSR count). The Hall–Kier alpha value is -3.37. The molecule has 0 aromatic heterocycles. The van der Waals surface area contributed by atoms with Gasteiger partial charge in [-0.05, 0) is 60.9 Å². The van der Waals surface area contributed by atoms with Gasteiger partial charge >= 0.3 is 5.97 Å².